The van der Waals surface area contributed by atoms with E-state index in [9.17, 15) is 24.9 Å². The summed E-state index contributed by atoms with van der Waals surface area (Å²) < 4.78 is 5.50. The summed E-state index contributed by atoms with van der Waals surface area (Å²) in [5, 5.41) is 32.2. The first-order chi connectivity index (χ1) is 15.4. The van der Waals surface area contributed by atoms with E-state index in [1.54, 1.807) is 6.92 Å². The Balaban J connectivity index is 2.19. The number of carbonyl (C=O) groups excluding carboxylic acids is 2. The quantitative estimate of drug-likeness (QED) is 0.387. The molecule has 33 heavy (non-hydrogen) atoms. The van der Waals surface area contributed by atoms with Gasteiger partial charge in [0, 0.05) is 19.4 Å². The highest BCUT2D eigenvalue weighted by Crippen LogP contribution is 2.46. The molecule has 0 bridgehead atoms. The third-order valence-corrected chi connectivity index (χ3v) is 6.07. The number of fused-ring (bicyclic) bond motifs is 2. The first-order valence-corrected chi connectivity index (χ1v) is 11.2. The average Bonchev–Trinajstić information content (AvgIpc) is 2.65. The van der Waals surface area contributed by atoms with Crippen molar-refractivity contribution in [3.63, 3.8) is 0 Å². The second kappa shape index (κ2) is 9.30. The standard InChI is InChI=1S/C27H32O6/c1-15(2)7-6-8-16(3)9-10-19-20-11-18(29)12-22(30)24(20)26(32)25-21(19)13-27(5,14-23(25)31)33-17(4)28/h7,9,11-12,29-30,32H,6,8,10,13-14H2,1-5H3/b16-9+/t27-/m0/s1. The van der Waals surface area contributed by atoms with E-state index < -0.39 is 11.6 Å². The van der Waals surface area contributed by atoms with Gasteiger partial charge in [0.2, 0.25) is 0 Å². The summed E-state index contributed by atoms with van der Waals surface area (Å²) in [5.41, 5.74) is 2.84. The number of allylic oxidation sites excluding steroid dienone is 4. The SMILES string of the molecule is CC(=O)O[C@]1(C)CC(=O)c2c(c(C/C=C(\C)CCC=C(C)C)c3cc(O)cc(O)c3c2O)C1. The number of Topliss-reactive ketones (excluding diaryl/α,β-unsaturated/α-hetero) is 1. The van der Waals surface area contributed by atoms with Crippen molar-refractivity contribution in [3.05, 3.63) is 52.1 Å². The van der Waals surface area contributed by atoms with Crippen LogP contribution in [-0.2, 0) is 22.4 Å². The molecule has 0 amide bonds. The van der Waals surface area contributed by atoms with Crippen LogP contribution in [0.1, 0.15) is 75.4 Å². The second-order valence-electron chi connectivity index (χ2n) is 9.46. The highest BCUT2D eigenvalue weighted by atomic mass is 16.6. The third-order valence-electron chi connectivity index (χ3n) is 6.07. The van der Waals surface area contributed by atoms with Crippen LogP contribution in [0.25, 0.3) is 10.8 Å². The number of aromatic hydroxyl groups is 3. The summed E-state index contributed by atoms with van der Waals surface area (Å²) in [6, 6.07) is 2.63. The van der Waals surface area contributed by atoms with E-state index in [1.807, 2.05) is 6.92 Å². The smallest absolute Gasteiger partial charge is 0.303 e. The maximum absolute atomic E-state index is 13.1. The van der Waals surface area contributed by atoms with E-state index >= 15 is 0 Å². The van der Waals surface area contributed by atoms with Gasteiger partial charge in [-0.2, -0.15) is 0 Å². The lowest BCUT2D eigenvalue weighted by Crippen LogP contribution is -2.40. The zero-order chi connectivity index (χ0) is 24.5. The molecule has 176 valence electrons. The number of carbonyl (C=O) groups is 2. The zero-order valence-corrected chi connectivity index (χ0v) is 19.9. The van der Waals surface area contributed by atoms with Gasteiger partial charge in [-0.05, 0) is 69.5 Å². The molecule has 0 aliphatic heterocycles. The maximum atomic E-state index is 13.1. The van der Waals surface area contributed by atoms with Gasteiger partial charge in [-0.15, -0.1) is 0 Å². The molecule has 0 saturated heterocycles. The third kappa shape index (κ3) is 5.21. The lowest BCUT2D eigenvalue weighted by atomic mass is 9.75. The molecule has 1 atom stereocenters. The molecule has 0 aromatic heterocycles. The van der Waals surface area contributed by atoms with Crippen LogP contribution in [0, 0.1) is 0 Å². The maximum Gasteiger partial charge on any atom is 0.303 e. The van der Waals surface area contributed by atoms with Gasteiger partial charge < -0.3 is 20.1 Å². The molecular weight excluding hydrogens is 420 g/mol. The fraction of sp³-hybridized carbons (Fsp3) is 0.407. The first-order valence-electron chi connectivity index (χ1n) is 11.2. The predicted octanol–water partition coefficient (Wildman–Crippen LogP) is 5.64. The van der Waals surface area contributed by atoms with Crippen LogP contribution < -0.4 is 0 Å². The largest absolute Gasteiger partial charge is 0.508 e. The number of benzene rings is 2. The number of phenols is 3. The monoisotopic (exact) mass is 452 g/mol. The van der Waals surface area contributed by atoms with E-state index in [2.05, 4.69) is 26.0 Å². The molecule has 0 saturated carbocycles. The molecule has 1 aliphatic rings. The topological polar surface area (TPSA) is 104 Å². The van der Waals surface area contributed by atoms with Gasteiger partial charge in [0.25, 0.3) is 0 Å². The molecule has 2 aromatic carbocycles. The van der Waals surface area contributed by atoms with E-state index in [1.165, 1.54) is 18.6 Å². The van der Waals surface area contributed by atoms with Crippen LogP contribution in [0.2, 0.25) is 0 Å². The molecule has 3 N–H and O–H groups in total. The van der Waals surface area contributed by atoms with Crippen molar-refractivity contribution < 1.29 is 29.6 Å². The fourth-order valence-corrected chi connectivity index (χ4v) is 4.66. The molecule has 0 spiro atoms. The van der Waals surface area contributed by atoms with Crippen LogP contribution in [0.4, 0.5) is 0 Å². The zero-order valence-electron chi connectivity index (χ0n) is 19.9. The Kier molecular flexibility index (Phi) is 6.86. The predicted molar refractivity (Wildman–Crippen MR) is 128 cm³/mol. The van der Waals surface area contributed by atoms with E-state index in [4.69, 9.17) is 4.74 Å². The van der Waals surface area contributed by atoms with E-state index in [0.717, 1.165) is 30.0 Å². The Morgan fingerprint density at radius 2 is 1.79 bits per heavy atom. The molecular formula is C27H32O6. The van der Waals surface area contributed by atoms with Gasteiger partial charge in [-0.1, -0.05) is 23.3 Å². The number of ketones is 1. The summed E-state index contributed by atoms with van der Waals surface area (Å²) in [4.78, 5) is 24.8. The van der Waals surface area contributed by atoms with Crippen LogP contribution in [0.5, 0.6) is 17.2 Å². The molecule has 0 heterocycles. The van der Waals surface area contributed by atoms with Crippen LogP contribution in [0.15, 0.2) is 35.4 Å². The minimum atomic E-state index is -1.04. The molecule has 2 aromatic rings. The average molecular weight is 453 g/mol. The summed E-state index contributed by atoms with van der Waals surface area (Å²) in [6.07, 6.45) is 6.66. The van der Waals surface area contributed by atoms with E-state index in [-0.39, 0.29) is 46.8 Å². The highest BCUT2D eigenvalue weighted by Gasteiger charge is 2.41. The molecule has 6 heteroatoms. The van der Waals surface area contributed by atoms with Crippen LogP contribution in [0.3, 0.4) is 0 Å². The van der Waals surface area contributed by atoms with Crippen LogP contribution >= 0.6 is 0 Å². The molecule has 0 fully saturated rings. The number of ether oxygens (including phenoxy) is 1. The molecule has 3 rings (SSSR count). The van der Waals surface area contributed by atoms with Gasteiger partial charge >= 0.3 is 5.97 Å². The van der Waals surface area contributed by atoms with Crippen molar-refractivity contribution >= 4 is 22.5 Å². The Morgan fingerprint density at radius 3 is 2.42 bits per heavy atom. The van der Waals surface area contributed by atoms with Gasteiger partial charge in [0.1, 0.15) is 22.8 Å². The van der Waals surface area contributed by atoms with Crippen molar-refractivity contribution in [3.8, 4) is 17.2 Å². The fourth-order valence-electron chi connectivity index (χ4n) is 4.66. The van der Waals surface area contributed by atoms with Gasteiger partial charge in [-0.25, -0.2) is 0 Å². The van der Waals surface area contributed by atoms with Crippen LogP contribution in [-0.4, -0.2) is 32.7 Å². The molecule has 0 radical (unpaired) electrons. The van der Waals surface area contributed by atoms with Crippen molar-refractivity contribution in [2.24, 2.45) is 0 Å². The lowest BCUT2D eigenvalue weighted by Gasteiger charge is -2.35. The summed E-state index contributed by atoms with van der Waals surface area (Å²) in [7, 11) is 0. The summed E-state index contributed by atoms with van der Waals surface area (Å²) in [6.45, 7) is 9.17. The van der Waals surface area contributed by atoms with Crippen molar-refractivity contribution in [1.29, 1.82) is 0 Å². The number of phenolic OH excluding ortho intramolecular Hbond substituents is 3. The minimum absolute atomic E-state index is 0.0610. The van der Waals surface area contributed by atoms with Crippen molar-refractivity contribution in [2.75, 3.05) is 0 Å². The van der Waals surface area contributed by atoms with Crippen molar-refractivity contribution in [1.82, 2.24) is 0 Å². The van der Waals surface area contributed by atoms with Crippen molar-refractivity contribution in [2.45, 2.75) is 72.3 Å². The Hall–Kier alpha value is -3.28. The minimum Gasteiger partial charge on any atom is -0.508 e. The lowest BCUT2D eigenvalue weighted by molar-refractivity contribution is -0.155. The Bertz CT molecular complexity index is 1180. The van der Waals surface area contributed by atoms with Gasteiger partial charge in [0.05, 0.1) is 17.4 Å². The number of hydrogen-bond acceptors (Lipinski definition) is 6. The summed E-state index contributed by atoms with van der Waals surface area (Å²) >= 11 is 0. The summed E-state index contributed by atoms with van der Waals surface area (Å²) in [5.74, 6) is -1.57. The number of esters is 1. The second-order valence-corrected chi connectivity index (χ2v) is 9.46. The molecule has 0 unspecified atom stereocenters. The highest BCUT2D eigenvalue weighted by molar-refractivity contribution is 6.10. The normalized spacial score (nSPS) is 18.2. The van der Waals surface area contributed by atoms with Gasteiger partial charge in [0.15, 0.2) is 5.78 Å². The number of rotatable bonds is 6. The number of hydrogen-bond donors (Lipinski definition) is 3. The molecule has 1 aliphatic carbocycles. The Morgan fingerprint density at radius 1 is 1.09 bits per heavy atom. The molecule has 6 nitrogen and oxygen atoms in total. The van der Waals surface area contributed by atoms with Gasteiger partial charge in [-0.3, -0.25) is 9.59 Å². The Labute approximate surface area is 194 Å². The first kappa shape index (κ1) is 24.4. The van der Waals surface area contributed by atoms with E-state index in [0.29, 0.717) is 17.4 Å².